The number of hydrogen-bond donors (Lipinski definition) is 2. The third-order valence-corrected chi connectivity index (χ3v) is 3.25. The number of rotatable bonds is 8. The van der Waals surface area contributed by atoms with Crippen LogP contribution in [0.25, 0.3) is 0 Å². The van der Waals surface area contributed by atoms with Gasteiger partial charge in [-0.1, -0.05) is 0 Å². The Hall–Kier alpha value is -2.71. The predicted octanol–water partition coefficient (Wildman–Crippen LogP) is 2.14. The van der Waals surface area contributed by atoms with E-state index in [1.807, 2.05) is 0 Å². The Morgan fingerprint density at radius 1 is 1.07 bits per heavy atom. The Bertz CT molecular complexity index is 694. The molecule has 150 valence electrons. The van der Waals surface area contributed by atoms with Crippen molar-refractivity contribution >= 4 is 23.5 Å². The molecule has 27 heavy (non-hydrogen) atoms. The molecule has 1 aromatic rings. The van der Waals surface area contributed by atoms with Crippen LogP contribution >= 0.6 is 0 Å². The highest BCUT2D eigenvalue weighted by atomic mass is 19.1. The maximum absolute atomic E-state index is 14.2. The highest BCUT2D eigenvalue weighted by Crippen LogP contribution is 2.14. The average Bonchev–Trinajstić information content (AvgIpc) is 2.55. The number of nitrogens with one attached hydrogen (secondary N) is 1. The lowest BCUT2D eigenvalue weighted by Gasteiger charge is -2.21. The van der Waals surface area contributed by atoms with Gasteiger partial charge in [-0.25, -0.2) is 18.4 Å². The summed E-state index contributed by atoms with van der Waals surface area (Å²) in [6.07, 6.45) is -3.89. The summed E-state index contributed by atoms with van der Waals surface area (Å²) in [6, 6.07) is 1.85. The van der Waals surface area contributed by atoms with Gasteiger partial charge in [0.05, 0.1) is 17.9 Å². The molecule has 0 fully saturated rings. The monoisotopic (exact) mass is 386 g/mol. The molecule has 0 bridgehead atoms. The first-order valence-corrected chi connectivity index (χ1v) is 8.42. The molecule has 0 aromatic heterocycles. The molecule has 1 rings (SSSR count). The molecule has 0 aliphatic rings. The number of hydrogen-bond acceptors (Lipinski definition) is 6. The fraction of sp³-hybridized carbons (Fsp3) is 0.500. The zero-order valence-electron chi connectivity index (χ0n) is 15.6. The molecule has 2 atom stereocenters. The molecule has 0 aliphatic carbocycles. The SMILES string of the molecule is CC(C)OC(=O)[C@H](F)C[C@H](NC(=O)c1ccc(N)c(F)c1)C(=O)OC(C)C. The topological polar surface area (TPSA) is 108 Å². The van der Waals surface area contributed by atoms with E-state index in [0.29, 0.717) is 0 Å². The van der Waals surface area contributed by atoms with Crippen LogP contribution in [0.4, 0.5) is 14.5 Å². The fourth-order valence-electron chi connectivity index (χ4n) is 2.05. The number of carbonyl (C=O) groups is 3. The highest BCUT2D eigenvalue weighted by Gasteiger charge is 2.31. The van der Waals surface area contributed by atoms with Gasteiger partial charge < -0.3 is 20.5 Å². The van der Waals surface area contributed by atoms with Gasteiger partial charge in [0.15, 0.2) is 6.17 Å². The molecule has 0 spiro atoms. The van der Waals surface area contributed by atoms with Crippen molar-refractivity contribution in [1.82, 2.24) is 5.32 Å². The summed E-state index contributed by atoms with van der Waals surface area (Å²) in [5, 5.41) is 2.26. The Balaban J connectivity index is 2.93. The van der Waals surface area contributed by atoms with E-state index in [4.69, 9.17) is 15.2 Å². The number of esters is 2. The molecule has 0 aliphatic heterocycles. The third-order valence-electron chi connectivity index (χ3n) is 3.25. The zero-order chi connectivity index (χ0) is 20.7. The summed E-state index contributed by atoms with van der Waals surface area (Å²) in [5.74, 6) is -3.73. The minimum atomic E-state index is -2.15. The molecule has 3 N–H and O–H groups in total. The largest absolute Gasteiger partial charge is 0.461 e. The van der Waals surface area contributed by atoms with Crippen molar-refractivity contribution in [2.75, 3.05) is 5.73 Å². The minimum absolute atomic E-state index is 0.121. The van der Waals surface area contributed by atoms with Gasteiger partial charge >= 0.3 is 11.9 Å². The van der Waals surface area contributed by atoms with Crippen LogP contribution < -0.4 is 11.1 Å². The van der Waals surface area contributed by atoms with Crippen LogP contribution in [0.2, 0.25) is 0 Å². The van der Waals surface area contributed by atoms with Crippen LogP contribution in [0.5, 0.6) is 0 Å². The lowest BCUT2D eigenvalue weighted by atomic mass is 10.1. The third kappa shape index (κ3) is 7.20. The van der Waals surface area contributed by atoms with E-state index in [1.165, 1.54) is 12.1 Å². The van der Waals surface area contributed by atoms with E-state index in [0.717, 1.165) is 6.07 Å². The Kier molecular flexibility index (Phi) is 8.14. The minimum Gasteiger partial charge on any atom is -0.461 e. The summed E-state index contributed by atoms with van der Waals surface area (Å²) in [5.41, 5.74) is 5.08. The lowest BCUT2D eigenvalue weighted by Crippen LogP contribution is -2.45. The summed E-state index contributed by atoms with van der Waals surface area (Å²) in [6.45, 7) is 6.25. The number of halogens is 2. The molecule has 1 amide bonds. The van der Waals surface area contributed by atoms with Gasteiger partial charge in [-0.05, 0) is 45.9 Å². The quantitative estimate of drug-likeness (QED) is 0.524. The smallest absolute Gasteiger partial charge is 0.341 e. The van der Waals surface area contributed by atoms with Gasteiger partial charge in [0, 0.05) is 12.0 Å². The number of anilines is 1. The van der Waals surface area contributed by atoms with E-state index in [2.05, 4.69) is 5.32 Å². The summed E-state index contributed by atoms with van der Waals surface area (Å²) in [7, 11) is 0. The van der Waals surface area contributed by atoms with Gasteiger partial charge in [0.2, 0.25) is 0 Å². The summed E-state index contributed by atoms with van der Waals surface area (Å²) < 4.78 is 37.4. The maximum Gasteiger partial charge on any atom is 0.341 e. The Morgan fingerprint density at radius 3 is 2.15 bits per heavy atom. The Morgan fingerprint density at radius 2 is 1.63 bits per heavy atom. The second kappa shape index (κ2) is 9.84. The predicted molar refractivity (Wildman–Crippen MR) is 94.0 cm³/mol. The van der Waals surface area contributed by atoms with E-state index in [9.17, 15) is 23.2 Å². The lowest BCUT2D eigenvalue weighted by molar-refractivity contribution is -0.155. The standard InChI is InChI=1S/C18H24F2N2O5/c1-9(2)26-17(24)13(20)8-15(18(25)27-10(3)4)22-16(23)11-5-6-14(21)12(19)7-11/h5-7,9-10,13,15H,8,21H2,1-4H3,(H,22,23)/t13-,15+/m1/s1. The van der Waals surface area contributed by atoms with Crippen molar-refractivity contribution in [2.45, 2.75) is 58.5 Å². The van der Waals surface area contributed by atoms with Crippen molar-refractivity contribution < 1.29 is 32.6 Å². The van der Waals surface area contributed by atoms with Crippen LogP contribution in [-0.2, 0) is 19.1 Å². The number of amides is 1. The van der Waals surface area contributed by atoms with Crippen molar-refractivity contribution in [3.63, 3.8) is 0 Å². The molecule has 1 aromatic carbocycles. The van der Waals surface area contributed by atoms with Crippen LogP contribution in [0, 0.1) is 5.82 Å². The molecular formula is C18H24F2N2O5. The summed E-state index contributed by atoms with van der Waals surface area (Å²) in [4.78, 5) is 36.1. The summed E-state index contributed by atoms with van der Waals surface area (Å²) >= 11 is 0. The van der Waals surface area contributed by atoms with E-state index in [-0.39, 0.29) is 11.3 Å². The maximum atomic E-state index is 14.2. The van der Waals surface area contributed by atoms with Gasteiger partial charge in [-0.2, -0.15) is 0 Å². The molecule has 0 saturated heterocycles. The number of ether oxygens (including phenoxy) is 2. The number of carbonyl (C=O) groups excluding carboxylic acids is 3. The average molecular weight is 386 g/mol. The van der Waals surface area contributed by atoms with E-state index >= 15 is 0 Å². The van der Waals surface area contributed by atoms with Gasteiger partial charge in [0.25, 0.3) is 5.91 Å². The molecule has 7 nitrogen and oxygen atoms in total. The van der Waals surface area contributed by atoms with Crippen LogP contribution in [0.15, 0.2) is 18.2 Å². The van der Waals surface area contributed by atoms with Crippen LogP contribution in [0.3, 0.4) is 0 Å². The number of nitrogen functional groups attached to an aromatic ring is 1. The first-order chi connectivity index (χ1) is 12.5. The fourth-order valence-corrected chi connectivity index (χ4v) is 2.05. The number of alkyl halides is 1. The molecule has 0 saturated carbocycles. The van der Waals surface area contributed by atoms with Gasteiger partial charge in [-0.15, -0.1) is 0 Å². The Labute approximate surface area is 156 Å². The number of benzene rings is 1. The van der Waals surface area contributed by atoms with E-state index in [1.54, 1.807) is 27.7 Å². The van der Waals surface area contributed by atoms with Crippen molar-refractivity contribution in [2.24, 2.45) is 0 Å². The first kappa shape index (κ1) is 22.3. The number of nitrogens with two attached hydrogens (primary N) is 1. The molecule has 9 heteroatoms. The van der Waals surface area contributed by atoms with Gasteiger partial charge in [-0.3, -0.25) is 4.79 Å². The second-order valence-electron chi connectivity index (χ2n) is 6.44. The molecule has 0 radical (unpaired) electrons. The molecule has 0 unspecified atom stereocenters. The zero-order valence-corrected chi connectivity index (χ0v) is 15.6. The molecular weight excluding hydrogens is 362 g/mol. The van der Waals surface area contributed by atoms with Crippen LogP contribution in [-0.4, -0.2) is 42.3 Å². The second-order valence-corrected chi connectivity index (χ2v) is 6.44. The molecule has 0 heterocycles. The van der Waals surface area contributed by atoms with Crippen molar-refractivity contribution in [3.8, 4) is 0 Å². The van der Waals surface area contributed by atoms with E-state index < -0.39 is 54.5 Å². The van der Waals surface area contributed by atoms with Crippen LogP contribution in [0.1, 0.15) is 44.5 Å². The first-order valence-electron chi connectivity index (χ1n) is 8.42. The van der Waals surface area contributed by atoms with Crippen molar-refractivity contribution in [1.29, 1.82) is 0 Å². The highest BCUT2D eigenvalue weighted by molar-refractivity contribution is 5.97. The van der Waals surface area contributed by atoms with Crippen molar-refractivity contribution in [3.05, 3.63) is 29.6 Å². The normalized spacial score (nSPS) is 13.2. The van der Waals surface area contributed by atoms with Gasteiger partial charge in [0.1, 0.15) is 11.9 Å².